The third kappa shape index (κ3) is 3.58. The van der Waals surface area contributed by atoms with Gasteiger partial charge in [0.25, 0.3) is 5.91 Å². The molecule has 0 atom stereocenters. The molecule has 2 aromatic rings. The molecule has 0 aromatic heterocycles. The van der Waals surface area contributed by atoms with E-state index in [-0.39, 0.29) is 17.3 Å². The summed E-state index contributed by atoms with van der Waals surface area (Å²) < 4.78 is 20.9. The number of piperidine rings is 1. The van der Waals surface area contributed by atoms with E-state index in [4.69, 9.17) is 4.74 Å². The number of halogens is 1. The van der Waals surface area contributed by atoms with Crippen LogP contribution in [0.3, 0.4) is 0 Å². The number of para-hydroxylation sites is 1. The van der Waals surface area contributed by atoms with Crippen LogP contribution in [0.2, 0.25) is 0 Å². The van der Waals surface area contributed by atoms with Crippen molar-refractivity contribution in [2.24, 2.45) is 0 Å². The number of likely N-dealkylation sites (tertiary alicyclic amines) is 1. The molecule has 0 radical (unpaired) electrons. The third-order valence-corrected chi connectivity index (χ3v) is 6.67. The molecule has 1 amide bonds. The summed E-state index contributed by atoms with van der Waals surface area (Å²) in [6.07, 6.45) is 4.29. The largest absolute Gasteiger partial charge is 0.357 e. The zero-order valence-corrected chi connectivity index (χ0v) is 16.6. The number of morpholine rings is 1. The zero-order valence-electron chi connectivity index (χ0n) is 16.6. The van der Waals surface area contributed by atoms with Crippen molar-refractivity contribution < 1.29 is 13.9 Å². The fraction of sp³-hybridized carbons (Fsp3) is 0.458. The van der Waals surface area contributed by atoms with Crippen molar-refractivity contribution in [3.05, 3.63) is 66.0 Å². The van der Waals surface area contributed by atoms with E-state index in [0.29, 0.717) is 12.2 Å². The molecule has 2 heterocycles. The standard InChI is InChI=1S/C24H27FN2O2/c25-20-8-4-5-9-21(20)27-18-23(29-24(11-12-24)22(27)28)13-16-26(17-14-23)15-10-19-6-2-1-3-7-19/h1-9H,10-18H2. The van der Waals surface area contributed by atoms with Gasteiger partial charge in [-0.2, -0.15) is 0 Å². The van der Waals surface area contributed by atoms with Crippen molar-refractivity contribution in [1.29, 1.82) is 0 Å². The van der Waals surface area contributed by atoms with Gasteiger partial charge in [-0.15, -0.1) is 0 Å². The van der Waals surface area contributed by atoms with E-state index in [0.717, 1.165) is 51.7 Å². The maximum atomic E-state index is 14.5. The first-order valence-electron chi connectivity index (χ1n) is 10.6. The van der Waals surface area contributed by atoms with Crippen LogP contribution in [0, 0.1) is 5.82 Å². The lowest BCUT2D eigenvalue weighted by Crippen LogP contribution is -2.63. The SMILES string of the molecule is O=C1N(c2ccccc2F)CC2(CCN(CCc3ccccc3)CC2)OC12CC2. The molecule has 3 fully saturated rings. The van der Waals surface area contributed by atoms with Gasteiger partial charge in [0.05, 0.1) is 17.8 Å². The van der Waals surface area contributed by atoms with Crippen molar-refractivity contribution in [2.45, 2.75) is 43.3 Å². The average molecular weight is 394 g/mol. The highest BCUT2D eigenvalue weighted by Crippen LogP contribution is 2.50. The molecule has 152 valence electrons. The minimum Gasteiger partial charge on any atom is -0.357 e. The van der Waals surface area contributed by atoms with Crippen molar-refractivity contribution in [1.82, 2.24) is 4.90 Å². The Balaban J connectivity index is 1.28. The van der Waals surface area contributed by atoms with Crippen LogP contribution in [0.5, 0.6) is 0 Å². The molecule has 2 spiro atoms. The van der Waals surface area contributed by atoms with Crippen LogP contribution in [0.1, 0.15) is 31.2 Å². The first-order valence-corrected chi connectivity index (χ1v) is 10.6. The van der Waals surface area contributed by atoms with Crippen LogP contribution in [0.4, 0.5) is 10.1 Å². The van der Waals surface area contributed by atoms with E-state index in [1.165, 1.54) is 11.6 Å². The highest BCUT2D eigenvalue weighted by atomic mass is 19.1. The van der Waals surface area contributed by atoms with Crippen LogP contribution in [-0.2, 0) is 16.0 Å². The second-order valence-electron chi connectivity index (χ2n) is 8.70. The summed E-state index contributed by atoms with van der Waals surface area (Å²) in [5.74, 6) is -0.409. The van der Waals surface area contributed by atoms with Gasteiger partial charge in [0.2, 0.25) is 0 Å². The molecule has 5 heteroatoms. The summed E-state index contributed by atoms with van der Waals surface area (Å²) in [6.45, 7) is 3.37. The van der Waals surface area contributed by atoms with Crippen molar-refractivity contribution >= 4 is 11.6 Å². The Bertz CT molecular complexity index is 889. The highest BCUT2D eigenvalue weighted by Gasteiger charge is 2.62. The molecule has 2 aliphatic heterocycles. The summed E-state index contributed by atoms with van der Waals surface area (Å²) in [7, 11) is 0. The monoisotopic (exact) mass is 394 g/mol. The summed E-state index contributed by atoms with van der Waals surface area (Å²) >= 11 is 0. The maximum Gasteiger partial charge on any atom is 0.259 e. The van der Waals surface area contributed by atoms with Gasteiger partial charge >= 0.3 is 0 Å². The van der Waals surface area contributed by atoms with Gasteiger partial charge in [-0.05, 0) is 49.8 Å². The van der Waals surface area contributed by atoms with Crippen molar-refractivity contribution in [2.75, 3.05) is 31.1 Å². The molecule has 3 aliphatic rings. The molecule has 2 aromatic carbocycles. The topological polar surface area (TPSA) is 32.8 Å². The fourth-order valence-electron chi connectivity index (χ4n) is 4.77. The number of anilines is 1. The van der Waals surface area contributed by atoms with Crippen LogP contribution in [0.25, 0.3) is 0 Å². The van der Waals surface area contributed by atoms with E-state index >= 15 is 0 Å². The predicted octanol–water partition coefficient (Wildman–Crippen LogP) is 3.80. The molecular formula is C24H27FN2O2. The van der Waals surface area contributed by atoms with Gasteiger partial charge in [-0.1, -0.05) is 42.5 Å². The Kier molecular flexibility index (Phi) is 4.67. The predicted molar refractivity (Wildman–Crippen MR) is 110 cm³/mol. The van der Waals surface area contributed by atoms with E-state index in [1.54, 1.807) is 23.1 Å². The molecule has 4 nitrogen and oxygen atoms in total. The number of rotatable bonds is 4. The maximum absolute atomic E-state index is 14.5. The number of carbonyl (C=O) groups is 1. The molecule has 5 rings (SSSR count). The lowest BCUT2D eigenvalue weighted by atomic mass is 9.87. The molecule has 1 saturated carbocycles. The Morgan fingerprint density at radius 3 is 2.31 bits per heavy atom. The number of hydrogen-bond acceptors (Lipinski definition) is 3. The first-order chi connectivity index (χ1) is 14.1. The lowest BCUT2D eigenvalue weighted by Gasteiger charge is -2.50. The average Bonchev–Trinajstić information content (AvgIpc) is 3.52. The quantitative estimate of drug-likeness (QED) is 0.791. The Hall–Kier alpha value is -2.24. The van der Waals surface area contributed by atoms with E-state index in [2.05, 4.69) is 29.2 Å². The Morgan fingerprint density at radius 2 is 1.62 bits per heavy atom. The van der Waals surface area contributed by atoms with Gasteiger partial charge in [-0.25, -0.2) is 4.39 Å². The summed E-state index contributed by atoms with van der Waals surface area (Å²) in [5.41, 5.74) is 0.663. The molecule has 1 aliphatic carbocycles. The Labute approximate surface area is 171 Å². The van der Waals surface area contributed by atoms with Crippen molar-refractivity contribution in [3.8, 4) is 0 Å². The van der Waals surface area contributed by atoms with Crippen molar-refractivity contribution in [3.63, 3.8) is 0 Å². The molecular weight excluding hydrogens is 367 g/mol. The van der Waals surface area contributed by atoms with Crippen LogP contribution >= 0.6 is 0 Å². The summed E-state index contributed by atoms with van der Waals surface area (Å²) in [6, 6.07) is 17.1. The van der Waals surface area contributed by atoms with Crippen LogP contribution in [0.15, 0.2) is 54.6 Å². The van der Waals surface area contributed by atoms with Gasteiger partial charge in [0.1, 0.15) is 11.4 Å². The van der Waals surface area contributed by atoms with Gasteiger partial charge in [0, 0.05) is 19.6 Å². The van der Waals surface area contributed by atoms with Gasteiger partial charge in [-0.3, -0.25) is 4.79 Å². The van der Waals surface area contributed by atoms with Crippen LogP contribution < -0.4 is 4.90 Å². The molecule has 2 saturated heterocycles. The zero-order chi connectivity index (χ0) is 19.9. The molecule has 0 unspecified atom stereocenters. The minimum atomic E-state index is -0.716. The summed E-state index contributed by atoms with van der Waals surface area (Å²) in [4.78, 5) is 17.2. The summed E-state index contributed by atoms with van der Waals surface area (Å²) in [5, 5.41) is 0. The van der Waals surface area contributed by atoms with E-state index in [1.807, 2.05) is 6.07 Å². The fourth-order valence-corrected chi connectivity index (χ4v) is 4.77. The normalized spacial score (nSPS) is 22.9. The second kappa shape index (κ2) is 7.22. The number of amides is 1. The number of carbonyl (C=O) groups excluding carboxylic acids is 1. The second-order valence-corrected chi connectivity index (χ2v) is 8.70. The van der Waals surface area contributed by atoms with Gasteiger partial charge < -0.3 is 14.5 Å². The van der Waals surface area contributed by atoms with E-state index < -0.39 is 5.60 Å². The van der Waals surface area contributed by atoms with Crippen LogP contribution in [-0.4, -0.2) is 48.2 Å². The number of hydrogen-bond donors (Lipinski definition) is 0. The Morgan fingerprint density at radius 1 is 0.931 bits per heavy atom. The third-order valence-electron chi connectivity index (χ3n) is 6.67. The highest BCUT2D eigenvalue weighted by molar-refractivity contribution is 6.02. The lowest BCUT2D eigenvalue weighted by molar-refractivity contribution is -0.172. The molecule has 0 N–H and O–H groups in total. The number of ether oxygens (including phenoxy) is 1. The smallest absolute Gasteiger partial charge is 0.259 e. The van der Waals surface area contributed by atoms with Gasteiger partial charge in [0.15, 0.2) is 0 Å². The molecule has 29 heavy (non-hydrogen) atoms. The molecule has 0 bridgehead atoms. The number of benzene rings is 2. The minimum absolute atomic E-state index is 0.0697. The first kappa shape index (κ1) is 18.8. The van der Waals surface area contributed by atoms with E-state index in [9.17, 15) is 9.18 Å². The number of nitrogens with zero attached hydrogens (tertiary/aromatic N) is 2.